The van der Waals surface area contributed by atoms with Crippen molar-refractivity contribution in [3.8, 4) is 0 Å². The summed E-state index contributed by atoms with van der Waals surface area (Å²) in [4.78, 5) is 0. The Kier molecular flexibility index (Phi) is 4.11. The molecule has 1 heterocycles. The zero-order valence-electron chi connectivity index (χ0n) is 12.7. The topological polar surface area (TPSA) is 17.0 Å². The Labute approximate surface area is 122 Å². The van der Waals surface area contributed by atoms with E-state index in [2.05, 4.69) is 47.3 Å². The van der Waals surface area contributed by atoms with E-state index >= 15 is 0 Å². The van der Waals surface area contributed by atoms with E-state index in [4.69, 9.17) is 0 Å². The summed E-state index contributed by atoms with van der Waals surface area (Å²) in [5.74, 6) is 0.889. The monoisotopic (exact) mass is 270 g/mol. The van der Waals surface area contributed by atoms with Crippen LogP contribution in [-0.4, -0.2) is 17.7 Å². The minimum absolute atomic E-state index is 0.528. The summed E-state index contributed by atoms with van der Waals surface area (Å²) < 4.78 is 2.50. The van der Waals surface area contributed by atoms with E-state index in [0.717, 1.165) is 12.3 Å². The van der Waals surface area contributed by atoms with E-state index in [0.29, 0.717) is 6.04 Å². The molecule has 108 valence electrons. The number of rotatable bonds is 5. The summed E-state index contributed by atoms with van der Waals surface area (Å²) in [6.07, 6.45) is 9.18. The molecule has 0 radical (unpaired) electrons. The molecule has 1 aliphatic rings. The van der Waals surface area contributed by atoms with Crippen molar-refractivity contribution in [3.63, 3.8) is 0 Å². The first kappa shape index (κ1) is 13.7. The van der Waals surface area contributed by atoms with Crippen molar-refractivity contribution in [2.45, 2.75) is 51.6 Å². The molecule has 2 heteroatoms. The van der Waals surface area contributed by atoms with Gasteiger partial charge in [0.25, 0.3) is 0 Å². The maximum Gasteiger partial charge on any atom is 0.0483 e. The molecular weight excluding hydrogens is 244 g/mol. The van der Waals surface area contributed by atoms with E-state index in [1.165, 1.54) is 48.7 Å². The molecule has 0 spiro atoms. The van der Waals surface area contributed by atoms with Crippen molar-refractivity contribution in [3.05, 3.63) is 36.0 Å². The maximum atomic E-state index is 3.35. The zero-order chi connectivity index (χ0) is 13.9. The molecule has 1 fully saturated rings. The molecule has 3 rings (SSSR count). The number of nitrogens with zero attached hydrogens (tertiary/aromatic N) is 1. The number of hydrogen-bond donors (Lipinski definition) is 1. The number of hydrogen-bond acceptors (Lipinski definition) is 1. The number of nitrogens with one attached hydrogen (secondary N) is 1. The third-order valence-electron chi connectivity index (χ3n) is 4.82. The molecule has 0 amide bonds. The number of aromatic nitrogens is 1. The van der Waals surface area contributed by atoms with Crippen molar-refractivity contribution in [2.75, 3.05) is 7.05 Å². The highest BCUT2D eigenvalue weighted by molar-refractivity contribution is 5.84. The van der Waals surface area contributed by atoms with Gasteiger partial charge in [0.05, 0.1) is 0 Å². The van der Waals surface area contributed by atoms with E-state index < -0.39 is 0 Å². The summed E-state index contributed by atoms with van der Waals surface area (Å²) in [5.41, 5.74) is 2.90. The summed E-state index contributed by atoms with van der Waals surface area (Å²) in [6, 6.07) is 9.41. The van der Waals surface area contributed by atoms with Crippen LogP contribution in [0.4, 0.5) is 0 Å². The van der Waals surface area contributed by atoms with Gasteiger partial charge in [-0.25, -0.2) is 0 Å². The summed E-state index contributed by atoms with van der Waals surface area (Å²) in [6.45, 7) is 3.46. The van der Waals surface area contributed by atoms with E-state index in [-0.39, 0.29) is 0 Å². The summed E-state index contributed by atoms with van der Waals surface area (Å²) >= 11 is 0. The second kappa shape index (κ2) is 6.01. The lowest BCUT2D eigenvalue weighted by atomic mass is 10.1. The van der Waals surface area contributed by atoms with Gasteiger partial charge < -0.3 is 9.88 Å². The van der Waals surface area contributed by atoms with E-state index in [1.807, 2.05) is 7.05 Å². The molecule has 1 N–H and O–H groups in total. The van der Waals surface area contributed by atoms with Crippen LogP contribution in [0.3, 0.4) is 0 Å². The Balaban J connectivity index is 1.90. The molecule has 1 aromatic carbocycles. The average molecular weight is 270 g/mol. The second-order valence-corrected chi connectivity index (χ2v) is 6.37. The molecule has 2 aromatic rings. The van der Waals surface area contributed by atoms with Gasteiger partial charge >= 0.3 is 0 Å². The first-order chi connectivity index (χ1) is 9.78. The van der Waals surface area contributed by atoms with Crippen LogP contribution in [-0.2, 0) is 13.0 Å². The Morgan fingerprint density at radius 2 is 2.00 bits per heavy atom. The number of para-hydroxylation sites is 1. The average Bonchev–Trinajstić information content (AvgIpc) is 3.09. The van der Waals surface area contributed by atoms with Crippen molar-refractivity contribution in [1.29, 1.82) is 0 Å². The van der Waals surface area contributed by atoms with Crippen LogP contribution in [0.1, 0.15) is 38.2 Å². The predicted molar refractivity (Wildman–Crippen MR) is 86.1 cm³/mol. The van der Waals surface area contributed by atoms with Gasteiger partial charge in [0, 0.05) is 29.7 Å². The molecule has 1 aromatic heterocycles. The molecule has 0 bridgehead atoms. The quantitative estimate of drug-likeness (QED) is 0.869. The Hall–Kier alpha value is -1.28. The number of fused-ring (bicyclic) bond motifs is 1. The first-order valence-electron chi connectivity index (χ1n) is 8.02. The van der Waals surface area contributed by atoms with Crippen molar-refractivity contribution in [1.82, 2.24) is 9.88 Å². The molecule has 1 unspecified atom stereocenters. The van der Waals surface area contributed by atoms with Crippen LogP contribution in [0, 0.1) is 5.92 Å². The first-order valence-corrected chi connectivity index (χ1v) is 8.02. The second-order valence-electron chi connectivity index (χ2n) is 6.37. The number of likely N-dealkylation sites (N-methyl/N-ethyl adjacent to an activating group) is 1. The zero-order valence-corrected chi connectivity index (χ0v) is 12.7. The van der Waals surface area contributed by atoms with Gasteiger partial charge in [-0.05, 0) is 50.8 Å². The molecule has 0 saturated heterocycles. The highest BCUT2D eigenvalue weighted by Crippen LogP contribution is 2.29. The Morgan fingerprint density at radius 3 is 2.75 bits per heavy atom. The fourth-order valence-corrected chi connectivity index (χ4v) is 3.54. The fraction of sp³-hybridized carbons (Fsp3) is 0.556. The van der Waals surface area contributed by atoms with Crippen LogP contribution in [0.5, 0.6) is 0 Å². The normalized spacial score (nSPS) is 17.9. The molecule has 2 nitrogen and oxygen atoms in total. The van der Waals surface area contributed by atoms with E-state index in [9.17, 15) is 0 Å². The standard InChI is InChI=1S/C18H26N2/c1-14(19-2)11-16-13-20(12-15-7-3-4-8-15)18-10-6-5-9-17(16)18/h5-6,9-10,13-15,19H,3-4,7-8,11-12H2,1-2H3. The predicted octanol–water partition coefficient (Wildman–Crippen LogP) is 3.98. The van der Waals surface area contributed by atoms with Crippen LogP contribution < -0.4 is 5.32 Å². The van der Waals surface area contributed by atoms with Gasteiger partial charge in [0.1, 0.15) is 0 Å². The van der Waals surface area contributed by atoms with Crippen molar-refractivity contribution >= 4 is 10.9 Å². The fourth-order valence-electron chi connectivity index (χ4n) is 3.54. The van der Waals surface area contributed by atoms with Gasteiger partial charge in [-0.3, -0.25) is 0 Å². The summed E-state index contributed by atoms with van der Waals surface area (Å²) in [7, 11) is 2.04. The van der Waals surface area contributed by atoms with Gasteiger partial charge in [-0.1, -0.05) is 31.0 Å². The molecule has 0 aliphatic heterocycles. The van der Waals surface area contributed by atoms with Crippen LogP contribution >= 0.6 is 0 Å². The number of benzene rings is 1. The summed E-state index contributed by atoms with van der Waals surface area (Å²) in [5, 5.41) is 4.79. The minimum Gasteiger partial charge on any atom is -0.347 e. The highest BCUT2D eigenvalue weighted by atomic mass is 15.0. The lowest BCUT2D eigenvalue weighted by Crippen LogP contribution is -2.23. The van der Waals surface area contributed by atoms with Crippen LogP contribution in [0.15, 0.2) is 30.5 Å². The smallest absolute Gasteiger partial charge is 0.0483 e. The third-order valence-corrected chi connectivity index (χ3v) is 4.82. The lowest BCUT2D eigenvalue weighted by molar-refractivity contribution is 0.465. The molecule has 1 aliphatic carbocycles. The van der Waals surface area contributed by atoms with Crippen LogP contribution in [0.25, 0.3) is 10.9 Å². The molecule has 20 heavy (non-hydrogen) atoms. The van der Waals surface area contributed by atoms with Gasteiger partial charge in [0.15, 0.2) is 0 Å². The van der Waals surface area contributed by atoms with Crippen LogP contribution in [0.2, 0.25) is 0 Å². The van der Waals surface area contributed by atoms with Gasteiger partial charge in [-0.2, -0.15) is 0 Å². The Bertz CT molecular complexity index is 564. The lowest BCUT2D eigenvalue weighted by Gasteiger charge is -2.11. The largest absolute Gasteiger partial charge is 0.347 e. The maximum absolute atomic E-state index is 3.35. The molecule has 1 saturated carbocycles. The van der Waals surface area contributed by atoms with Crippen molar-refractivity contribution < 1.29 is 0 Å². The highest BCUT2D eigenvalue weighted by Gasteiger charge is 2.17. The SMILES string of the molecule is CNC(C)Cc1cn(CC2CCCC2)c2ccccc12. The van der Waals surface area contributed by atoms with Gasteiger partial charge in [-0.15, -0.1) is 0 Å². The van der Waals surface area contributed by atoms with Gasteiger partial charge in [0.2, 0.25) is 0 Å². The minimum atomic E-state index is 0.528. The Morgan fingerprint density at radius 1 is 1.25 bits per heavy atom. The molecular formula is C18H26N2. The van der Waals surface area contributed by atoms with E-state index in [1.54, 1.807) is 0 Å². The molecule has 1 atom stereocenters. The van der Waals surface area contributed by atoms with Crippen molar-refractivity contribution in [2.24, 2.45) is 5.92 Å². The third kappa shape index (κ3) is 2.76.